The van der Waals surface area contributed by atoms with Gasteiger partial charge in [0.1, 0.15) is 5.52 Å². The molecular weight excluding hydrogens is 271 g/mol. The summed E-state index contributed by atoms with van der Waals surface area (Å²) in [6.07, 6.45) is -1.56. The lowest BCUT2D eigenvalue weighted by Gasteiger charge is -2.08. The van der Waals surface area contributed by atoms with Gasteiger partial charge in [0.05, 0.1) is 0 Å². The van der Waals surface area contributed by atoms with Crippen LogP contribution in [0.2, 0.25) is 0 Å². The van der Waals surface area contributed by atoms with E-state index in [4.69, 9.17) is 0 Å². The Bertz CT molecular complexity index is 655. The van der Waals surface area contributed by atoms with Gasteiger partial charge in [-0.3, -0.25) is 0 Å². The van der Waals surface area contributed by atoms with Gasteiger partial charge >= 0.3 is 6.18 Å². The number of piperidine rings is 1. The zero-order valence-corrected chi connectivity index (χ0v) is 10.4. The molecule has 2 atom stereocenters. The average molecular weight is 283 g/mol. The van der Waals surface area contributed by atoms with Gasteiger partial charge in [0.25, 0.3) is 0 Å². The molecule has 8 heteroatoms. The molecular formula is C12H12F3N5. The largest absolute Gasteiger partial charge is 0.435 e. The smallest absolute Gasteiger partial charge is 0.365 e. The first-order chi connectivity index (χ1) is 9.54. The number of nitrogens with one attached hydrogen (secondary N) is 2. The quantitative estimate of drug-likeness (QED) is 0.874. The molecule has 3 heterocycles. The van der Waals surface area contributed by atoms with Crippen LogP contribution in [0.25, 0.3) is 5.52 Å². The number of hydrogen-bond acceptors (Lipinski definition) is 4. The summed E-state index contributed by atoms with van der Waals surface area (Å²) in [5, 5.41) is 10.1. The van der Waals surface area contributed by atoms with Gasteiger partial charge in [-0.2, -0.15) is 18.3 Å². The second-order valence-electron chi connectivity index (χ2n) is 5.29. The van der Waals surface area contributed by atoms with E-state index in [9.17, 15) is 13.2 Å². The van der Waals surface area contributed by atoms with Gasteiger partial charge in [0, 0.05) is 37.6 Å². The number of fused-ring (bicyclic) bond motifs is 2. The maximum absolute atomic E-state index is 12.7. The summed E-state index contributed by atoms with van der Waals surface area (Å²) < 4.78 is 39.3. The van der Waals surface area contributed by atoms with Gasteiger partial charge in [-0.15, -0.1) is 0 Å². The lowest BCUT2D eigenvalue weighted by Crippen LogP contribution is -2.22. The van der Waals surface area contributed by atoms with Crippen molar-refractivity contribution >= 4 is 11.3 Å². The van der Waals surface area contributed by atoms with Crippen LogP contribution in [0.3, 0.4) is 0 Å². The van der Waals surface area contributed by atoms with Crippen molar-refractivity contribution in [1.29, 1.82) is 0 Å². The number of hydrogen-bond donors (Lipinski definition) is 2. The minimum absolute atomic E-state index is 0.305. The highest BCUT2D eigenvalue weighted by molar-refractivity contribution is 5.68. The van der Waals surface area contributed by atoms with Crippen molar-refractivity contribution in [3.05, 3.63) is 24.2 Å². The summed E-state index contributed by atoms with van der Waals surface area (Å²) in [7, 11) is 0. The SMILES string of the molecule is FC(F)(F)c1cc2c(NC3C4CNCC43)nccn2n1. The van der Waals surface area contributed by atoms with Crippen molar-refractivity contribution in [2.75, 3.05) is 18.4 Å². The zero-order valence-electron chi connectivity index (χ0n) is 10.4. The Morgan fingerprint density at radius 3 is 2.75 bits per heavy atom. The number of halogens is 3. The average Bonchev–Trinajstić information content (AvgIpc) is 2.85. The molecule has 5 nitrogen and oxygen atoms in total. The van der Waals surface area contributed by atoms with Crippen LogP contribution in [0.15, 0.2) is 18.5 Å². The molecule has 20 heavy (non-hydrogen) atoms. The number of anilines is 1. The van der Waals surface area contributed by atoms with Crippen LogP contribution in [-0.2, 0) is 6.18 Å². The number of alkyl halides is 3. The van der Waals surface area contributed by atoms with E-state index in [0.717, 1.165) is 19.2 Å². The highest BCUT2D eigenvalue weighted by atomic mass is 19.4. The highest BCUT2D eigenvalue weighted by Gasteiger charge is 2.53. The van der Waals surface area contributed by atoms with Crippen molar-refractivity contribution in [2.24, 2.45) is 11.8 Å². The van der Waals surface area contributed by atoms with Crippen molar-refractivity contribution in [3.8, 4) is 0 Å². The van der Waals surface area contributed by atoms with Crippen LogP contribution < -0.4 is 10.6 Å². The molecule has 2 unspecified atom stereocenters. The zero-order chi connectivity index (χ0) is 13.9. The molecule has 2 aromatic heterocycles. The van der Waals surface area contributed by atoms with Crippen LogP contribution >= 0.6 is 0 Å². The lowest BCUT2D eigenvalue weighted by molar-refractivity contribution is -0.141. The minimum atomic E-state index is -4.44. The third-order valence-electron chi connectivity index (χ3n) is 4.08. The Morgan fingerprint density at radius 2 is 2.05 bits per heavy atom. The fourth-order valence-corrected chi connectivity index (χ4v) is 2.96. The van der Waals surface area contributed by atoms with Crippen molar-refractivity contribution < 1.29 is 13.2 Å². The lowest BCUT2D eigenvalue weighted by atomic mass is 10.3. The molecule has 0 amide bonds. The van der Waals surface area contributed by atoms with E-state index in [-0.39, 0.29) is 0 Å². The van der Waals surface area contributed by atoms with E-state index < -0.39 is 11.9 Å². The summed E-state index contributed by atoms with van der Waals surface area (Å²) in [5.41, 5.74) is -0.538. The van der Waals surface area contributed by atoms with Gasteiger partial charge < -0.3 is 10.6 Å². The maximum Gasteiger partial charge on any atom is 0.435 e. The molecule has 106 valence electrons. The van der Waals surface area contributed by atoms with E-state index in [2.05, 4.69) is 20.7 Å². The molecule has 4 rings (SSSR count). The topological polar surface area (TPSA) is 54.2 Å². The Balaban J connectivity index is 1.67. The molecule has 2 N–H and O–H groups in total. The minimum Gasteiger partial charge on any atom is -0.365 e. The second kappa shape index (κ2) is 3.85. The molecule has 0 bridgehead atoms. The second-order valence-corrected chi connectivity index (χ2v) is 5.29. The fourth-order valence-electron chi connectivity index (χ4n) is 2.96. The molecule has 1 saturated carbocycles. The first-order valence-electron chi connectivity index (χ1n) is 6.43. The van der Waals surface area contributed by atoms with Crippen LogP contribution in [0.4, 0.5) is 19.0 Å². The maximum atomic E-state index is 12.7. The molecule has 2 aliphatic rings. The standard InChI is InChI=1S/C12H12F3N5/c13-12(14,15)9-3-8-11(17-1-2-20(8)19-9)18-10-6-4-16-5-7(6)10/h1-3,6-7,10,16H,4-5H2,(H,17,18). The number of nitrogens with zero attached hydrogens (tertiary/aromatic N) is 3. The van der Waals surface area contributed by atoms with Crippen LogP contribution in [-0.4, -0.2) is 33.7 Å². The number of rotatable bonds is 2. The molecule has 1 aliphatic carbocycles. The summed E-state index contributed by atoms with van der Waals surface area (Å²) in [5.74, 6) is 1.58. The molecule has 0 spiro atoms. The van der Waals surface area contributed by atoms with Gasteiger partial charge in [-0.1, -0.05) is 0 Å². The van der Waals surface area contributed by atoms with Crippen molar-refractivity contribution in [1.82, 2.24) is 19.9 Å². The molecule has 0 aromatic carbocycles. The van der Waals surface area contributed by atoms with E-state index in [1.165, 1.54) is 16.9 Å². The number of aromatic nitrogens is 3. The van der Waals surface area contributed by atoms with Crippen molar-refractivity contribution in [2.45, 2.75) is 12.2 Å². The molecule has 1 saturated heterocycles. The Morgan fingerprint density at radius 1 is 1.30 bits per heavy atom. The normalized spacial score (nSPS) is 28.6. The van der Waals surface area contributed by atoms with Gasteiger partial charge in [0.15, 0.2) is 11.5 Å². The van der Waals surface area contributed by atoms with Gasteiger partial charge in [-0.25, -0.2) is 9.50 Å². The molecule has 0 radical (unpaired) electrons. The van der Waals surface area contributed by atoms with Gasteiger partial charge in [0.2, 0.25) is 0 Å². The third-order valence-corrected chi connectivity index (χ3v) is 4.08. The Hall–Kier alpha value is -1.83. The summed E-state index contributed by atoms with van der Waals surface area (Å²) in [6, 6.07) is 1.34. The van der Waals surface area contributed by atoms with E-state index in [1.54, 1.807) is 0 Å². The summed E-state index contributed by atoms with van der Waals surface area (Å²) in [6.45, 7) is 1.91. The third kappa shape index (κ3) is 1.75. The highest BCUT2D eigenvalue weighted by Crippen LogP contribution is 2.44. The fraction of sp³-hybridized carbons (Fsp3) is 0.500. The van der Waals surface area contributed by atoms with E-state index in [0.29, 0.717) is 29.2 Å². The first kappa shape index (κ1) is 12.0. The monoisotopic (exact) mass is 283 g/mol. The van der Waals surface area contributed by atoms with Crippen LogP contribution in [0, 0.1) is 11.8 Å². The molecule has 2 aromatic rings. The Labute approximate surface area is 112 Å². The molecule has 2 fully saturated rings. The first-order valence-corrected chi connectivity index (χ1v) is 6.43. The predicted molar refractivity (Wildman–Crippen MR) is 65.2 cm³/mol. The summed E-state index contributed by atoms with van der Waals surface area (Å²) in [4.78, 5) is 4.15. The van der Waals surface area contributed by atoms with Crippen molar-refractivity contribution in [3.63, 3.8) is 0 Å². The van der Waals surface area contributed by atoms with Crippen LogP contribution in [0.5, 0.6) is 0 Å². The Kier molecular flexibility index (Phi) is 2.30. The van der Waals surface area contributed by atoms with E-state index in [1.807, 2.05) is 0 Å². The van der Waals surface area contributed by atoms with Gasteiger partial charge in [-0.05, 0) is 11.8 Å². The van der Waals surface area contributed by atoms with Crippen LogP contribution in [0.1, 0.15) is 5.69 Å². The van der Waals surface area contributed by atoms with E-state index >= 15 is 0 Å². The molecule has 1 aliphatic heterocycles. The predicted octanol–water partition coefficient (Wildman–Crippen LogP) is 1.38. The summed E-state index contributed by atoms with van der Waals surface area (Å²) >= 11 is 0.